The summed E-state index contributed by atoms with van der Waals surface area (Å²) in [6.45, 7) is 0.476. The molecule has 6 heteroatoms. The van der Waals surface area contributed by atoms with E-state index in [9.17, 15) is 9.00 Å². The number of carbonyl (C=O) groups is 1. The van der Waals surface area contributed by atoms with Crippen LogP contribution in [0.5, 0.6) is 5.75 Å². The Balaban J connectivity index is 1.70. The van der Waals surface area contributed by atoms with Crippen LogP contribution in [0.25, 0.3) is 0 Å². The molecule has 27 heavy (non-hydrogen) atoms. The number of nitrogens with one attached hydrogen (secondary N) is 1. The highest BCUT2D eigenvalue weighted by Gasteiger charge is 2.17. The number of hydrogen-bond acceptors (Lipinski definition) is 4. The van der Waals surface area contributed by atoms with Crippen molar-refractivity contribution >= 4 is 28.0 Å². The van der Waals surface area contributed by atoms with E-state index in [0.29, 0.717) is 23.7 Å². The summed E-state index contributed by atoms with van der Waals surface area (Å²) in [4.78, 5) is 13.9. The second-order valence-corrected chi connectivity index (χ2v) is 8.58. The van der Waals surface area contributed by atoms with Gasteiger partial charge >= 0.3 is 0 Å². The van der Waals surface area contributed by atoms with Crippen LogP contribution < -0.4 is 10.1 Å². The zero-order valence-electron chi connectivity index (χ0n) is 15.0. The zero-order chi connectivity index (χ0) is 19.1. The average Bonchev–Trinajstić information content (AvgIpc) is 3.20. The number of ether oxygens (including phenoxy) is 1. The van der Waals surface area contributed by atoms with Gasteiger partial charge in [-0.2, -0.15) is 0 Å². The molecule has 2 atom stereocenters. The van der Waals surface area contributed by atoms with Crippen molar-refractivity contribution in [3.8, 4) is 5.75 Å². The van der Waals surface area contributed by atoms with E-state index in [1.807, 2.05) is 53.9 Å². The van der Waals surface area contributed by atoms with E-state index in [4.69, 9.17) is 4.74 Å². The topological polar surface area (TPSA) is 55.4 Å². The number of carbonyl (C=O) groups excluding carboxylic acids is 1. The average molecular weight is 400 g/mol. The van der Waals surface area contributed by atoms with E-state index in [1.54, 1.807) is 35.8 Å². The molecule has 0 bridgehead atoms. The summed E-state index contributed by atoms with van der Waals surface area (Å²) in [6, 6.07) is 20.4. The minimum Gasteiger partial charge on any atom is -0.488 e. The van der Waals surface area contributed by atoms with Crippen LogP contribution in [-0.4, -0.2) is 22.1 Å². The van der Waals surface area contributed by atoms with E-state index < -0.39 is 10.8 Å². The molecule has 1 N–H and O–H groups in total. The summed E-state index contributed by atoms with van der Waals surface area (Å²) in [5.41, 5.74) is 1.45. The number of amides is 1. The lowest BCUT2D eigenvalue weighted by atomic mass is 10.1. The Morgan fingerprint density at radius 1 is 1.11 bits per heavy atom. The first kappa shape index (κ1) is 19.3. The van der Waals surface area contributed by atoms with Crippen molar-refractivity contribution in [2.45, 2.75) is 12.6 Å². The molecule has 0 radical (unpaired) electrons. The molecule has 1 aromatic heterocycles. The van der Waals surface area contributed by atoms with Gasteiger partial charge < -0.3 is 10.1 Å². The van der Waals surface area contributed by atoms with Gasteiger partial charge in [0.15, 0.2) is 0 Å². The summed E-state index contributed by atoms with van der Waals surface area (Å²) >= 11 is 1.63. The number of hydrogen-bond donors (Lipinski definition) is 1. The van der Waals surface area contributed by atoms with Crippen molar-refractivity contribution in [2.24, 2.45) is 0 Å². The van der Waals surface area contributed by atoms with Gasteiger partial charge in [0.1, 0.15) is 12.4 Å². The van der Waals surface area contributed by atoms with E-state index in [-0.39, 0.29) is 11.9 Å². The third-order valence-electron chi connectivity index (χ3n) is 3.97. The Hall–Kier alpha value is -2.44. The van der Waals surface area contributed by atoms with E-state index >= 15 is 0 Å². The molecule has 0 fully saturated rings. The van der Waals surface area contributed by atoms with Crippen molar-refractivity contribution in [3.05, 3.63) is 88.1 Å². The molecular formula is C21H21NO3S2. The lowest BCUT2D eigenvalue weighted by molar-refractivity contribution is 0.0940. The highest BCUT2D eigenvalue weighted by molar-refractivity contribution is 7.84. The minimum atomic E-state index is -1.03. The molecule has 0 spiro atoms. The molecule has 0 aliphatic heterocycles. The van der Waals surface area contributed by atoms with E-state index in [2.05, 4.69) is 5.32 Å². The Labute approximate surface area is 165 Å². The molecular weight excluding hydrogens is 378 g/mol. The smallest absolute Gasteiger partial charge is 0.251 e. The third kappa shape index (κ3) is 5.77. The second-order valence-electron chi connectivity index (χ2n) is 6.07. The Bertz CT molecular complexity index is 895. The van der Waals surface area contributed by atoms with E-state index in [0.717, 1.165) is 10.4 Å². The van der Waals surface area contributed by atoms with Gasteiger partial charge in [-0.15, -0.1) is 11.3 Å². The highest BCUT2D eigenvalue weighted by Crippen LogP contribution is 2.19. The Morgan fingerprint density at radius 3 is 2.63 bits per heavy atom. The Kier molecular flexibility index (Phi) is 6.79. The molecule has 3 rings (SSSR count). The van der Waals surface area contributed by atoms with Crippen molar-refractivity contribution in [1.82, 2.24) is 5.32 Å². The lowest BCUT2D eigenvalue weighted by Gasteiger charge is -2.18. The molecule has 1 heterocycles. The van der Waals surface area contributed by atoms with Gasteiger partial charge in [0, 0.05) is 33.2 Å². The molecule has 0 unspecified atom stereocenters. The predicted molar refractivity (Wildman–Crippen MR) is 111 cm³/mol. The zero-order valence-corrected chi connectivity index (χ0v) is 16.6. The van der Waals surface area contributed by atoms with Crippen molar-refractivity contribution in [2.75, 3.05) is 12.0 Å². The third-order valence-corrected chi connectivity index (χ3v) is 5.62. The fourth-order valence-corrected chi connectivity index (χ4v) is 4.02. The Morgan fingerprint density at radius 2 is 1.93 bits per heavy atom. The van der Waals surface area contributed by atoms with Gasteiger partial charge in [0.2, 0.25) is 0 Å². The van der Waals surface area contributed by atoms with Gasteiger partial charge in [-0.3, -0.25) is 9.00 Å². The summed E-state index contributed by atoms with van der Waals surface area (Å²) in [5, 5.41) is 5.00. The van der Waals surface area contributed by atoms with Crippen LogP contribution in [0.15, 0.2) is 72.1 Å². The number of benzene rings is 2. The quantitative estimate of drug-likeness (QED) is 0.618. The first-order chi connectivity index (χ1) is 13.1. The summed E-state index contributed by atoms with van der Waals surface area (Å²) in [7, 11) is -1.03. The molecule has 0 aliphatic carbocycles. The second kappa shape index (κ2) is 9.48. The van der Waals surface area contributed by atoms with Crippen molar-refractivity contribution in [3.63, 3.8) is 0 Å². The van der Waals surface area contributed by atoms with Crippen molar-refractivity contribution in [1.29, 1.82) is 0 Å². The molecule has 1 amide bonds. The van der Waals surface area contributed by atoms with Crippen LogP contribution in [0.4, 0.5) is 0 Å². The minimum absolute atomic E-state index is 0.212. The van der Waals surface area contributed by atoms with Crippen LogP contribution in [0.3, 0.4) is 0 Å². The largest absolute Gasteiger partial charge is 0.488 e. The maximum atomic E-state index is 12.7. The number of thiophene rings is 1. The van der Waals surface area contributed by atoms with Gasteiger partial charge in [-0.25, -0.2) is 0 Å². The van der Waals surface area contributed by atoms with Gasteiger partial charge in [0.25, 0.3) is 5.91 Å². The van der Waals surface area contributed by atoms with Crippen molar-refractivity contribution < 1.29 is 13.7 Å². The van der Waals surface area contributed by atoms with Gasteiger partial charge in [-0.1, -0.05) is 42.5 Å². The molecule has 0 saturated heterocycles. The monoisotopic (exact) mass is 399 g/mol. The molecule has 4 nitrogen and oxygen atoms in total. The predicted octanol–water partition coefficient (Wildman–Crippen LogP) is 4.18. The molecule has 0 saturated carbocycles. The van der Waals surface area contributed by atoms with Crippen LogP contribution in [-0.2, 0) is 17.4 Å². The normalized spacial score (nSPS) is 12.9. The highest BCUT2D eigenvalue weighted by atomic mass is 32.2. The first-order valence-electron chi connectivity index (χ1n) is 8.53. The fourth-order valence-electron chi connectivity index (χ4n) is 2.66. The summed E-state index contributed by atoms with van der Waals surface area (Å²) in [5.74, 6) is 0.798. The van der Waals surface area contributed by atoms with Crippen LogP contribution in [0, 0.1) is 0 Å². The van der Waals surface area contributed by atoms with Crippen LogP contribution >= 0.6 is 11.3 Å². The summed E-state index contributed by atoms with van der Waals surface area (Å²) in [6.07, 6.45) is 1.64. The van der Waals surface area contributed by atoms with E-state index in [1.165, 1.54) is 0 Å². The van der Waals surface area contributed by atoms with Gasteiger partial charge in [0.05, 0.1) is 6.04 Å². The molecule has 2 aromatic carbocycles. The maximum absolute atomic E-state index is 12.7. The maximum Gasteiger partial charge on any atom is 0.251 e. The lowest BCUT2D eigenvalue weighted by Crippen LogP contribution is -2.31. The fraction of sp³-hybridized carbons (Fsp3) is 0.190. The standard InChI is InChI=1S/C21H21NO3S2/c1-27(24)15-20(16-7-3-2-4-8-16)22-21(23)17-9-5-10-18(13-17)25-14-19-11-6-12-26-19/h2-13,20H,14-15H2,1H3,(H,22,23)/t20-,27-/m0/s1. The molecule has 140 valence electrons. The van der Waals surface area contributed by atoms with Crippen LogP contribution in [0.2, 0.25) is 0 Å². The summed E-state index contributed by atoms with van der Waals surface area (Å²) < 4.78 is 17.5. The first-order valence-corrected chi connectivity index (χ1v) is 11.1. The van der Waals surface area contributed by atoms with Gasteiger partial charge in [-0.05, 0) is 35.2 Å². The number of rotatable bonds is 8. The molecule has 3 aromatic rings. The SMILES string of the molecule is C[S@](=O)C[C@H](NC(=O)c1cccc(OCc2cccs2)c1)c1ccccc1. The molecule has 0 aliphatic rings. The van der Waals surface area contributed by atoms with Crippen LogP contribution in [0.1, 0.15) is 26.8 Å².